The van der Waals surface area contributed by atoms with Gasteiger partial charge in [-0.05, 0) is 118 Å². The SMILES string of the molecule is CC(C)=CCC[C@@H](C)[C@H]1CCC2=C3CC[C@H]4C(C)(C)[C@@H](O)CC[C@]4(C)[C@H]3CC[C@@]21C. The van der Waals surface area contributed by atoms with Gasteiger partial charge < -0.3 is 5.11 Å². The van der Waals surface area contributed by atoms with Crippen molar-refractivity contribution in [3.63, 3.8) is 0 Å². The average Bonchev–Trinajstić information content (AvgIpc) is 3.02. The first-order valence-corrected chi connectivity index (χ1v) is 13.1. The van der Waals surface area contributed by atoms with Crippen molar-refractivity contribution in [3.8, 4) is 0 Å². The van der Waals surface area contributed by atoms with E-state index in [1.54, 1.807) is 0 Å². The molecule has 0 amide bonds. The second-order valence-electron chi connectivity index (χ2n) is 13.0. The summed E-state index contributed by atoms with van der Waals surface area (Å²) in [4.78, 5) is 0. The molecular weight excluding hydrogens is 364 g/mol. The minimum absolute atomic E-state index is 0.0710. The smallest absolute Gasteiger partial charge is 0.0594 e. The molecular formula is C29H48O. The summed E-state index contributed by atoms with van der Waals surface area (Å²) in [6.07, 6.45) is 15.3. The van der Waals surface area contributed by atoms with Gasteiger partial charge in [0.15, 0.2) is 0 Å². The van der Waals surface area contributed by atoms with Crippen LogP contribution in [0.15, 0.2) is 22.8 Å². The van der Waals surface area contributed by atoms with Crippen molar-refractivity contribution < 1.29 is 5.11 Å². The molecule has 30 heavy (non-hydrogen) atoms. The second-order valence-corrected chi connectivity index (χ2v) is 13.0. The Morgan fingerprint density at radius 1 is 1.03 bits per heavy atom. The number of hydrogen-bond donors (Lipinski definition) is 1. The normalized spacial score (nSPS) is 43.5. The van der Waals surface area contributed by atoms with Gasteiger partial charge >= 0.3 is 0 Å². The highest BCUT2D eigenvalue weighted by molar-refractivity contribution is 5.35. The number of hydrogen-bond acceptors (Lipinski definition) is 1. The van der Waals surface area contributed by atoms with Crippen molar-refractivity contribution in [2.45, 2.75) is 119 Å². The Bertz CT molecular complexity index is 723. The Kier molecular flexibility index (Phi) is 5.87. The second kappa shape index (κ2) is 7.79. The molecule has 0 saturated heterocycles. The Morgan fingerprint density at radius 3 is 2.47 bits per heavy atom. The molecule has 0 aliphatic heterocycles. The largest absolute Gasteiger partial charge is 0.393 e. The molecule has 0 radical (unpaired) electrons. The lowest BCUT2D eigenvalue weighted by molar-refractivity contribution is -0.128. The van der Waals surface area contributed by atoms with Crippen LogP contribution >= 0.6 is 0 Å². The fourth-order valence-corrected chi connectivity index (χ4v) is 9.12. The van der Waals surface area contributed by atoms with E-state index in [1.165, 1.54) is 63.4 Å². The first-order valence-electron chi connectivity index (χ1n) is 13.1. The zero-order valence-electron chi connectivity index (χ0n) is 21.0. The Labute approximate surface area is 186 Å². The lowest BCUT2D eigenvalue weighted by Gasteiger charge is -2.61. The predicted octanol–water partition coefficient (Wildman–Crippen LogP) is 8.09. The number of aliphatic hydroxyl groups excluding tert-OH is 1. The van der Waals surface area contributed by atoms with Crippen LogP contribution in [0.2, 0.25) is 0 Å². The lowest BCUT2D eigenvalue weighted by Crippen LogP contribution is -2.55. The maximum atomic E-state index is 10.8. The highest BCUT2D eigenvalue weighted by Crippen LogP contribution is 2.68. The maximum Gasteiger partial charge on any atom is 0.0594 e. The number of aliphatic hydroxyl groups is 1. The highest BCUT2D eigenvalue weighted by atomic mass is 16.3. The number of rotatable bonds is 4. The van der Waals surface area contributed by atoms with Crippen LogP contribution in [0.3, 0.4) is 0 Å². The number of fused-ring (bicyclic) bond motifs is 4. The summed E-state index contributed by atoms with van der Waals surface area (Å²) in [6.45, 7) is 16.9. The molecule has 4 aliphatic rings. The van der Waals surface area contributed by atoms with Gasteiger partial charge in [0.05, 0.1) is 6.10 Å². The van der Waals surface area contributed by atoms with Crippen LogP contribution in [0.25, 0.3) is 0 Å². The van der Waals surface area contributed by atoms with Crippen molar-refractivity contribution in [2.24, 2.45) is 39.9 Å². The maximum absolute atomic E-state index is 10.8. The van der Waals surface area contributed by atoms with Gasteiger partial charge in [-0.1, -0.05) is 57.4 Å². The van der Waals surface area contributed by atoms with Crippen molar-refractivity contribution in [1.82, 2.24) is 0 Å². The van der Waals surface area contributed by atoms with Crippen LogP contribution in [0.5, 0.6) is 0 Å². The van der Waals surface area contributed by atoms with Crippen molar-refractivity contribution in [2.75, 3.05) is 0 Å². The molecule has 1 heteroatoms. The first kappa shape index (κ1) is 22.6. The van der Waals surface area contributed by atoms with Crippen LogP contribution in [-0.2, 0) is 0 Å². The van der Waals surface area contributed by atoms with E-state index >= 15 is 0 Å². The molecule has 1 nitrogen and oxygen atoms in total. The third-order valence-electron chi connectivity index (χ3n) is 10.8. The first-order chi connectivity index (χ1) is 14.0. The van der Waals surface area contributed by atoms with Crippen LogP contribution < -0.4 is 0 Å². The third-order valence-corrected chi connectivity index (χ3v) is 10.8. The molecule has 0 aromatic heterocycles. The van der Waals surface area contributed by atoms with Gasteiger partial charge in [-0.15, -0.1) is 0 Å². The summed E-state index contributed by atoms with van der Waals surface area (Å²) < 4.78 is 0. The van der Waals surface area contributed by atoms with Gasteiger partial charge in [0.1, 0.15) is 0 Å². The van der Waals surface area contributed by atoms with E-state index in [2.05, 4.69) is 54.5 Å². The van der Waals surface area contributed by atoms with Crippen molar-refractivity contribution in [3.05, 3.63) is 22.8 Å². The van der Waals surface area contributed by atoms with Gasteiger partial charge in [0, 0.05) is 0 Å². The molecule has 0 bridgehead atoms. The summed E-state index contributed by atoms with van der Waals surface area (Å²) in [7, 11) is 0. The standard InChI is InChI=1S/C29H48O/c1-19(2)9-8-10-20(3)22-12-13-23-21-11-14-25-27(4,5)26(30)16-18-29(25,7)24(21)15-17-28(22,23)6/h9,20,22,24-26,30H,8,10-18H2,1-7H3/t20-,22-,24+,25+,26+,28-,29-/m1/s1. The molecule has 0 aromatic rings. The summed E-state index contributed by atoms with van der Waals surface area (Å²) in [5, 5.41) is 10.8. The minimum Gasteiger partial charge on any atom is -0.393 e. The van der Waals surface area contributed by atoms with Gasteiger partial charge in [-0.2, -0.15) is 0 Å². The molecule has 3 saturated carbocycles. The zero-order chi connectivity index (χ0) is 21.9. The Balaban J connectivity index is 1.60. The molecule has 0 aromatic carbocycles. The van der Waals surface area contributed by atoms with Crippen LogP contribution in [0, 0.1) is 39.9 Å². The Hall–Kier alpha value is -0.560. The topological polar surface area (TPSA) is 20.2 Å². The molecule has 3 fully saturated rings. The number of allylic oxidation sites excluding steroid dienone is 4. The van der Waals surface area contributed by atoms with E-state index < -0.39 is 0 Å². The molecule has 0 unspecified atom stereocenters. The van der Waals surface area contributed by atoms with E-state index in [1.807, 2.05) is 11.1 Å². The van der Waals surface area contributed by atoms with Crippen molar-refractivity contribution in [1.29, 1.82) is 0 Å². The monoisotopic (exact) mass is 412 g/mol. The molecule has 4 aliphatic carbocycles. The summed E-state index contributed by atoms with van der Waals surface area (Å²) in [6, 6.07) is 0. The van der Waals surface area contributed by atoms with E-state index in [9.17, 15) is 5.11 Å². The van der Waals surface area contributed by atoms with E-state index in [-0.39, 0.29) is 11.5 Å². The molecule has 0 spiro atoms. The quantitative estimate of drug-likeness (QED) is 0.462. The minimum atomic E-state index is -0.115. The van der Waals surface area contributed by atoms with Gasteiger partial charge in [0.2, 0.25) is 0 Å². The molecule has 170 valence electrons. The summed E-state index contributed by atoms with van der Waals surface area (Å²) in [5.74, 6) is 3.16. The van der Waals surface area contributed by atoms with Crippen molar-refractivity contribution >= 4 is 0 Å². The summed E-state index contributed by atoms with van der Waals surface area (Å²) in [5.41, 5.74) is 6.20. The van der Waals surface area contributed by atoms with Gasteiger partial charge in [0.25, 0.3) is 0 Å². The van der Waals surface area contributed by atoms with Crippen LogP contribution in [0.4, 0.5) is 0 Å². The summed E-state index contributed by atoms with van der Waals surface area (Å²) >= 11 is 0. The fraction of sp³-hybridized carbons (Fsp3) is 0.862. The van der Waals surface area contributed by atoms with E-state index in [4.69, 9.17) is 0 Å². The zero-order valence-corrected chi connectivity index (χ0v) is 21.0. The molecule has 1 N–H and O–H groups in total. The highest BCUT2D eigenvalue weighted by Gasteiger charge is 2.59. The Morgan fingerprint density at radius 2 is 1.77 bits per heavy atom. The molecule has 0 heterocycles. The average molecular weight is 413 g/mol. The van der Waals surface area contributed by atoms with Gasteiger partial charge in [-0.25, -0.2) is 0 Å². The van der Waals surface area contributed by atoms with Crippen LogP contribution in [-0.4, -0.2) is 11.2 Å². The third kappa shape index (κ3) is 3.37. The van der Waals surface area contributed by atoms with Crippen LogP contribution in [0.1, 0.15) is 113 Å². The van der Waals surface area contributed by atoms with Gasteiger partial charge in [-0.3, -0.25) is 0 Å². The lowest BCUT2D eigenvalue weighted by atomic mass is 9.44. The van der Waals surface area contributed by atoms with E-state index in [0.717, 1.165) is 24.2 Å². The molecule has 7 atom stereocenters. The molecule has 4 rings (SSSR count). The van der Waals surface area contributed by atoms with E-state index in [0.29, 0.717) is 16.7 Å². The predicted molar refractivity (Wildman–Crippen MR) is 128 cm³/mol. The fourth-order valence-electron chi connectivity index (χ4n) is 9.12.